The van der Waals surface area contributed by atoms with Crippen LogP contribution in [0.15, 0.2) is 21.8 Å². The Hall–Kier alpha value is -0.990. The molecule has 2 heterocycles. The van der Waals surface area contributed by atoms with Crippen molar-refractivity contribution in [3.63, 3.8) is 0 Å². The smallest absolute Gasteiger partial charge is 0.235 e. The maximum absolute atomic E-state index is 12.1. The highest BCUT2D eigenvalue weighted by Gasteiger charge is 2.26. The fourth-order valence-corrected chi connectivity index (χ4v) is 2.94. The molecule has 6 nitrogen and oxygen atoms in total. The number of rotatable bonds is 2. The number of aryl methyl sites for hydroxylation is 1. The van der Waals surface area contributed by atoms with Crippen molar-refractivity contribution in [2.75, 3.05) is 14.1 Å². The van der Waals surface area contributed by atoms with Gasteiger partial charge in [0.2, 0.25) is 10.0 Å². The van der Waals surface area contributed by atoms with Crippen molar-refractivity contribution in [3.8, 4) is 0 Å². The molecule has 2 aromatic rings. The van der Waals surface area contributed by atoms with E-state index in [-0.39, 0.29) is 4.90 Å². The quantitative estimate of drug-likeness (QED) is 0.830. The third-order valence-corrected chi connectivity index (χ3v) is 4.67. The first-order valence-corrected chi connectivity index (χ1v) is 7.00. The summed E-state index contributed by atoms with van der Waals surface area (Å²) < 4.78 is 27.6. The van der Waals surface area contributed by atoms with Gasteiger partial charge in [-0.25, -0.2) is 22.2 Å². The van der Waals surface area contributed by atoms with Crippen LogP contribution in [-0.2, 0) is 10.0 Å². The molecule has 0 amide bonds. The van der Waals surface area contributed by atoms with E-state index in [1.54, 1.807) is 19.3 Å². The van der Waals surface area contributed by atoms with Crippen molar-refractivity contribution in [1.82, 2.24) is 18.9 Å². The zero-order chi connectivity index (χ0) is 12.8. The monoisotopic (exact) mass is 318 g/mol. The van der Waals surface area contributed by atoms with Gasteiger partial charge in [0.1, 0.15) is 4.90 Å². The highest BCUT2D eigenvalue weighted by molar-refractivity contribution is 9.10. The zero-order valence-electron chi connectivity index (χ0n) is 9.55. The maximum Gasteiger partial charge on any atom is 0.248 e. The van der Waals surface area contributed by atoms with E-state index in [2.05, 4.69) is 26.0 Å². The molecule has 17 heavy (non-hydrogen) atoms. The molecule has 2 aromatic heterocycles. The first kappa shape index (κ1) is 12.5. The van der Waals surface area contributed by atoms with Crippen LogP contribution in [0.25, 0.3) is 5.65 Å². The summed E-state index contributed by atoms with van der Waals surface area (Å²) in [5.74, 6) is 0. The minimum atomic E-state index is -3.53. The summed E-state index contributed by atoms with van der Waals surface area (Å²) >= 11 is 3.26. The SMILES string of the molecule is Cc1nn2cc(Br)cnc2c1S(=O)(=O)N(C)C. The fourth-order valence-electron chi connectivity index (χ4n) is 1.49. The van der Waals surface area contributed by atoms with Gasteiger partial charge in [0.05, 0.1) is 10.2 Å². The minimum absolute atomic E-state index is 0.148. The number of hydrogen-bond donors (Lipinski definition) is 0. The van der Waals surface area contributed by atoms with Gasteiger partial charge in [0.15, 0.2) is 5.65 Å². The fraction of sp³-hybridized carbons (Fsp3) is 0.333. The Kier molecular flexibility index (Phi) is 2.96. The van der Waals surface area contributed by atoms with Crippen molar-refractivity contribution >= 4 is 31.6 Å². The van der Waals surface area contributed by atoms with E-state index in [0.717, 1.165) is 8.78 Å². The number of sulfonamides is 1. The molecule has 0 saturated carbocycles. The number of hydrogen-bond acceptors (Lipinski definition) is 4. The molecule has 0 aromatic carbocycles. The van der Waals surface area contributed by atoms with Crippen LogP contribution in [0.5, 0.6) is 0 Å². The largest absolute Gasteiger partial charge is 0.248 e. The second-order valence-electron chi connectivity index (χ2n) is 3.74. The molecule has 0 spiro atoms. The molecule has 0 N–H and O–H groups in total. The highest BCUT2D eigenvalue weighted by Crippen LogP contribution is 2.22. The first-order chi connectivity index (χ1) is 7.84. The van der Waals surface area contributed by atoms with Crippen molar-refractivity contribution in [1.29, 1.82) is 0 Å². The summed E-state index contributed by atoms with van der Waals surface area (Å²) in [5, 5.41) is 4.14. The molecule has 8 heteroatoms. The zero-order valence-corrected chi connectivity index (χ0v) is 11.9. The van der Waals surface area contributed by atoms with Gasteiger partial charge >= 0.3 is 0 Å². The van der Waals surface area contributed by atoms with Crippen molar-refractivity contribution in [2.45, 2.75) is 11.8 Å². The minimum Gasteiger partial charge on any atom is -0.235 e. The van der Waals surface area contributed by atoms with Crippen LogP contribution in [0.3, 0.4) is 0 Å². The van der Waals surface area contributed by atoms with Gasteiger partial charge in [0, 0.05) is 26.5 Å². The van der Waals surface area contributed by atoms with E-state index >= 15 is 0 Å². The molecule has 0 atom stereocenters. The van der Waals surface area contributed by atoms with E-state index < -0.39 is 10.0 Å². The van der Waals surface area contributed by atoms with Gasteiger partial charge in [-0.1, -0.05) is 0 Å². The lowest BCUT2D eigenvalue weighted by Crippen LogP contribution is -2.22. The molecule has 0 radical (unpaired) electrons. The summed E-state index contributed by atoms with van der Waals surface area (Å²) in [5.41, 5.74) is 0.767. The van der Waals surface area contributed by atoms with Gasteiger partial charge in [-0.15, -0.1) is 0 Å². The van der Waals surface area contributed by atoms with E-state index in [4.69, 9.17) is 0 Å². The number of halogens is 1. The Balaban J connectivity index is 2.83. The molecular formula is C9H11BrN4O2S. The number of nitrogens with zero attached hydrogens (tertiary/aromatic N) is 4. The summed E-state index contributed by atoms with van der Waals surface area (Å²) in [4.78, 5) is 4.25. The molecule has 92 valence electrons. The molecular weight excluding hydrogens is 308 g/mol. The van der Waals surface area contributed by atoms with E-state index in [9.17, 15) is 8.42 Å². The Morgan fingerprint density at radius 2 is 2.06 bits per heavy atom. The molecule has 0 aliphatic rings. The Bertz CT molecular complexity index is 678. The molecule has 0 aliphatic carbocycles. The molecule has 0 unspecified atom stereocenters. The topological polar surface area (TPSA) is 67.6 Å². The highest BCUT2D eigenvalue weighted by atomic mass is 79.9. The molecule has 0 fully saturated rings. The van der Waals surface area contributed by atoms with Crippen LogP contribution in [0.1, 0.15) is 5.69 Å². The van der Waals surface area contributed by atoms with Crippen LogP contribution >= 0.6 is 15.9 Å². The molecule has 0 bridgehead atoms. The van der Waals surface area contributed by atoms with Gasteiger partial charge < -0.3 is 0 Å². The lowest BCUT2D eigenvalue weighted by atomic mass is 10.5. The first-order valence-electron chi connectivity index (χ1n) is 4.77. The summed E-state index contributed by atoms with van der Waals surface area (Å²) in [7, 11) is -0.565. The third kappa shape index (κ3) is 1.96. The van der Waals surface area contributed by atoms with Gasteiger partial charge in [0.25, 0.3) is 0 Å². The Labute approximate surface area is 107 Å². The van der Waals surface area contributed by atoms with Crippen LogP contribution in [0, 0.1) is 6.92 Å². The average Bonchev–Trinajstić information content (AvgIpc) is 2.53. The number of fused-ring (bicyclic) bond motifs is 1. The normalized spacial score (nSPS) is 12.5. The lowest BCUT2D eigenvalue weighted by Gasteiger charge is -2.10. The lowest BCUT2D eigenvalue weighted by molar-refractivity contribution is 0.521. The summed E-state index contributed by atoms with van der Waals surface area (Å²) in [6.45, 7) is 1.65. The van der Waals surface area contributed by atoms with Crippen LogP contribution in [-0.4, -0.2) is 41.4 Å². The Morgan fingerprint density at radius 1 is 1.41 bits per heavy atom. The summed E-state index contributed by atoms with van der Waals surface area (Å²) in [6.07, 6.45) is 3.22. The predicted molar refractivity (Wildman–Crippen MR) is 66.3 cm³/mol. The Morgan fingerprint density at radius 3 is 2.65 bits per heavy atom. The third-order valence-electron chi connectivity index (χ3n) is 2.30. The van der Waals surface area contributed by atoms with E-state index in [1.165, 1.54) is 18.6 Å². The second kappa shape index (κ2) is 4.04. The standard InChI is InChI=1S/C9H11BrN4O2S/c1-6-8(17(15,16)13(2)3)9-11-4-7(10)5-14(9)12-6/h4-5H,1-3H3. The molecule has 0 saturated heterocycles. The number of aromatic nitrogens is 3. The maximum atomic E-state index is 12.1. The van der Waals surface area contributed by atoms with Crippen molar-refractivity contribution in [3.05, 3.63) is 22.6 Å². The van der Waals surface area contributed by atoms with Crippen LogP contribution in [0.2, 0.25) is 0 Å². The van der Waals surface area contributed by atoms with Gasteiger partial charge in [-0.05, 0) is 22.9 Å². The second-order valence-corrected chi connectivity index (χ2v) is 6.75. The average molecular weight is 319 g/mol. The predicted octanol–water partition coefficient (Wildman–Crippen LogP) is 1.05. The molecule has 2 rings (SSSR count). The van der Waals surface area contributed by atoms with Gasteiger partial charge in [-0.3, -0.25) is 0 Å². The van der Waals surface area contributed by atoms with Gasteiger partial charge in [-0.2, -0.15) is 5.10 Å². The van der Waals surface area contributed by atoms with E-state index in [1.807, 2.05) is 0 Å². The summed E-state index contributed by atoms with van der Waals surface area (Å²) in [6, 6.07) is 0. The van der Waals surface area contributed by atoms with Crippen molar-refractivity contribution in [2.24, 2.45) is 0 Å². The van der Waals surface area contributed by atoms with Crippen LogP contribution < -0.4 is 0 Å². The van der Waals surface area contributed by atoms with Crippen LogP contribution in [0.4, 0.5) is 0 Å². The molecule has 0 aliphatic heterocycles. The van der Waals surface area contributed by atoms with Crippen molar-refractivity contribution < 1.29 is 8.42 Å². The van der Waals surface area contributed by atoms with E-state index in [0.29, 0.717) is 11.3 Å².